The van der Waals surface area contributed by atoms with E-state index >= 15 is 0 Å². The highest BCUT2D eigenvalue weighted by Gasteiger charge is 2.23. The van der Waals surface area contributed by atoms with Gasteiger partial charge in [-0.15, -0.1) is 0 Å². The van der Waals surface area contributed by atoms with Gasteiger partial charge in [-0.25, -0.2) is 0 Å². The highest BCUT2D eigenvalue weighted by Crippen LogP contribution is 2.24. The fourth-order valence-electron chi connectivity index (χ4n) is 1.77. The van der Waals surface area contributed by atoms with Crippen LogP contribution in [-0.2, 0) is 10.1 Å². The zero-order valence-electron chi connectivity index (χ0n) is 9.78. The van der Waals surface area contributed by atoms with Crippen molar-refractivity contribution in [3.8, 4) is 0 Å². The summed E-state index contributed by atoms with van der Waals surface area (Å²) in [7, 11) is -4.56. The van der Waals surface area contributed by atoms with Gasteiger partial charge in [0.05, 0.1) is 5.69 Å². The molecule has 0 aliphatic carbocycles. The van der Waals surface area contributed by atoms with E-state index in [0.29, 0.717) is 5.56 Å². The van der Waals surface area contributed by atoms with E-state index in [1.807, 2.05) is 0 Å². The molecule has 98 valence electrons. The highest BCUT2D eigenvalue weighted by atomic mass is 32.2. The summed E-state index contributed by atoms with van der Waals surface area (Å²) in [4.78, 5) is 11.7. The number of anilines is 1. The molecule has 2 aromatic carbocycles. The lowest BCUT2D eigenvalue weighted by atomic mass is 10.0. The van der Waals surface area contributed by atoms with Gasteiger partial charge in [0.15, 0.2) is 5.78 Å². The number of ketones is 1. The summed E-state index contributed by atoms with van der Waals surface area (Å²) in [5, 5.41) is 0. The molecule has 19 heavy (non-hydrogen) atoms. The SMILES string of the molecule is Nc1cccc(C(=O)c2ccccc2)c1S(=O)(=O)O. The molecule has 0 aliphatic rings. The smallest absolute Gasteiger partial charge is 0.297 e. The first-order chi connectivity index (χ1) is 8.91. The van der Waals surface area contributed by atoms with E-state index in [2.05, 4.69) is 0 Å². The summed E-state index contributed by atoms with van der Waals surface area (Å²) in [6.45, 7) is 0. The first-order valence-corrected chi connectivity index (χ1v) is 6.81. The van der Waals surface area contributed by atoms with Crippen molar-refractivity contribution in [2.75, 3.05) is 5.73 Å². The number of carbonyl (C=O) groups excluding carboxylic acids is 1. The van der Waals surface area contributed by atoms with Crippen molar-refractivity contribution >= 4 is 21.6 Å². The van der Waals surface area contributed by atoms with E-state index in [1.54, 1.807) is 30.3 Å². The van der Waals surface area contributed by atoms with E-state index in [-0.39, 0.29) is 11.3 Å². The molecule has 0 unspecified atom stereocenters. The summed E-state index contributed by atoms with van der Waals surface area (Å²) in [5.41, 5.74) is 5.54. The molecule has 5 nitrogen and oxygen atoms in total. The fraction of sp³-hybridized carbons (Fsp3) is 0. The normalized spacial score (nSPS) is 11.2. The van der Waals surface area contributed by atoms with Crippen molar-refractivity contribution < 1.29 is 17.8 Å². The number of hydrogen-bond acceptors (Lipinski definition) is 4. The van der Waals surface area contributed by atoms with E-state index in [4.69, 9.17) is 5.73 Å². The highest BCUT2D eigenvalue weighted by molar-refractivity contribution is 7.86. The van der Waals surface area contributed by atoms with Gasteiger partial charge in [0.1, 0.15) is 4.90 Å². The molecule has 0 saturated heterocycles. The van der Waals surface area contributed by atoms with Crippen LogP contribution in [0.3, 0.4) is 0 Å². The zero-order chi connectivity index (χ0) is 14.0. The number of carbonyl (C=O) groups is 1. The molecule has 0 fully saturated rings. The Morgan fingerprint density at radius 2 is 1.63 bits per heavy atom. The largest absolute Gasteiger partial charge is 0.398 e. The van der Waals surface area contributed by atoms with Crippen molar-refractivity contribution in [1.82, 2.24) is 0 Å². The van der Waals surface area contributed by atoms with Gasteiger partial charge in [-0.05, 0) is 12.1 Å². The maximum absolute atomic E-state index is 12.2. The average Bonchev–Trinajstić information content (AvgIpc) is 2.37. The molecule has 3 N–H and O–H groups in total. The topological polar surface area (TPSA) is 97.5 Å². The third kappa shape index (κ3) is 2.64. The Morgan fingerprint density at radius 1 is 1.00 bits per heavy atom. The Morgan fingerprint density at radius 3 is 2.21 bits per heavy atom. The maximum atomic E-state index is 12.2. The van der Waals surface area contributed by atoms with Crippen molar-refractivity contribution in [3.63, 3.8) is 0 Å². The summed E-state index contributed by atoms with van der Waals surface area (Å²) in [5.74, 6) is -0.513. The first kappa shape index (κ1) is 13.3. The number of nitrogen functional groups attached to an aromatic ring is 1. The van der Waals surface area contributed by atoms with E-state index in [0.717, 1.165) is 0 Å². The van der Waals surface area contributed by atoms with Crippen molar-refractivity contribution in [3.05, 3.63) is 59.7 Å². The molecular formula is C13H11NO4S. The van der Waals surface area contributed by atoms with Gasteiger partial charge in [-0.1, -0.05) is 36.4 Å². The lowest BCUT2D eigenvalue weighted by molar-refractivity contribution is 0.103. The van der Waals surface area contributed by atoms with E-state index < -0.39 is 20.8 Å². The third-order valence-corrected chi connectivity index (χ3v) is 3.56. The molecule has 2 aromatic rings. The van der Waals surface area contributed by atoms with Crippen LogP contribution < -0.4 is 5.73 Å². The molecular weight excluding hydrogens is 266 g/mol. The summed E-state index contributed by atoms with van der Waals surface area (Å²) >= 11 is 0. The van der Waals surface area contributed by atoms with Crippen LogP contribution in [0.5, 0.6) is 0 Å². The molecule has 0 radical (unpaired) electrons. The monoisotopic (exact) mass is 277 g/mol. The van der Waals surface area contributed by atoms with Gasteiger partial charge in [0.25, 0.3) is 10.1 Å². The quantitative estimate of drug-likeness (QED) is 0.506. The Kier molecular flexibility index (Phi) is 3.37. The Balaban J connectivity index is 2.65. The average molecular weight is 277 g/mol. The number of rotatable bonds is 3. The maximum Gasteiger partial charge on any atom is 0.297 e. The summed E-state index contributed by atoms with van der Waals surface area (Å²) in [6.07, 6.45) is 0. The second-order valence-corrected chi connectivity index (χ2v) is 5.25. The number of benzene rings is 2. The van der Waals surface area contributed by atoms with Crippen molar-refractivity contribution in [2.24, 2.45) is 0 Å². The summed E-state index contributed by atoms with van der Waals surface area (Å²) < 4.78 is 31.9. The van der Waals surface area contributed by atoms with Gasteiger partial charge in [0.2, 0.25) is 0 Å². The van der Waals surface area contributed by atoms with Gasteiger partial charge in [-0.2, -0.15) is 8.42 Å². The Hall–Kier alpha value is -2.18. The van der Waals surface area contributed by atoms with Gasteiger partial charge in [-0.3, -0.25) is 9.35 Å². The van der Waals surface area contributed by atoms with Crippen LogP contribution in [0.1, 0.15) is 15.9 Å². The van der Waals surface area contributed by atoms with Crippen molar-refractivity contribution in [1.29, 1.82) is 0 Å². The van der Waals surface area contributed by atoms with Gasteiger partial charge >= 0.3 is 0 Å². The van der Waals surface area contributed by atoms with E-state index in [1.165, 1.54) is 18.2 Å². The van der Waals surface area contributed by atoms with Crippen LogP contribution >= 0.6 is 0 Å². The van der Waals surface area contributed by atoms with Gasteiger partial charge in [0, 0.05) is 11.1 Å². The molecule has 0 aliphatic heterocycles. The lowest BCUT2D eigenvalue weighted by Crippen LogP contribution is -2.12. The minimum atomic E-state index is -4.56. The molecule has 0 heterocycles. The minimum absolute atomic E-state index is 0.145. The van der Waals surface area contributed by atoms with Gasteiger partial charge < -0.3 is 5.73 Å². The molecule has 0 bridgehead atoms. The predicted molar refractivity (Wildman–Crippen MR) is 70.5 cm³/mol. The third-order valence-electron chi connectivity index (χ3n) is 2.58. The Labute approximate surface area is 110 Å². The minimum Gasteiger partial charge on any atom is -0.398 e. The molecule has 0 amide bonds. The van der Waals surface area contributed by atoms with Crippen LogP contribution in [0.4, 0.5) is 5.69 Å². The zero-order valence-corrected chi connectivity index (χ0v) is 10.6. The summed E-state index contributed by atoms with van der Waals surface area (Å²) in [6, 6.07) is 12.2. The predicted octanol–water partition coefficient (Wildman–Crippen LogP) is 1.75. The standard InChI is InChI=1S/C13H11NO4S/c14-11-8-4-7-10(13(11)19(16,17)18)12(15)9-5-2-1-3-6-9/h1-8H,14H2,(H,16,17,18). The molecule has 0 spiro atoms. The molecule has 0 aromatic heterocycles. The molecule has 0 atom stereocenters. The van der Waals surface area contributed by atoms with Crippen LogP contribution in [0, 0.1) is 0 Å². The molecule has 0 saturated carbocycles. The second-order valence-electron chi connectivity index (χ2n) is 3.89. The molecule has 2 rings (SSSR count). The first-order valence-electron chi connectivity index (χ1n) is 5.37. The van der Waals surface area contributed by atoms with Crippen LogP contribution in [0.25, 0.3) is 0 Å². The van der Waals surface area contributed by atoms with Crippen LogP contribution in [0.15, 0.2) is 53.4 Å². The van der Waals surface area contributed by atoms with Crippen LogP contribution in [0.2, 0.25) is 0 Å². The lowest BCUT2D eigenvalue weighted by Gasteiger charge is -2.08. The number of hydrogen-bond donors (Lipinski definition) is 2. The van der Waals surface area contributed by atoms with Crippen LogP contribution in [-0.4, -0.2) is 18.8 Å². The fourth-order valence-corrected chi connectivity index (χ4v) is 2.57. The number of nitrogens with two attached hydrogens (primary N) is 1. The van der Waals surface area contributed by atoms with E-state index in [9.17, 15) is 17.8 Å². The second kappa shape index (κ2) is 4.83. The van der Waals surface area contributed by atoms with Crippen molar-refractivity contribution in [2.45, 2.75) is 4.90 Å². The molecule has 6 heteroatoms. The Bertz CT molecular complexity index is 724.